The number of hydrogen-bond acceptors (Lipinski definition) is 3. The molecule has 3 nitrogen and oxygen atoms in total. The van der Waals surface area contributed by atoms with Gasteiger partial charge in [0.05, 0.1) is 6.61 Å². The molecule has 3 N–H and O–H groups in total. The fraction of sp³-hybridized carbons (Fsp3) is 0.294. The highest BCUT2D eigenvalue weighted by molar-refractivity contribution is 5.85. The van der Waals surface area contributed by atoms with E-state index in [9.17, 15) is 5.11 Å². The van der Waals surface area contributed by atoms with Crippen molar-refractivity contribution >= 4 is 12.4 Å². The first kappa shape index (κ1) is 17.5. The second-order valence-electron chi connectivity index (χ2n) is 5.00. The van der Waals surface area contributed by atoms with Gasteiger partial charge in [-0.3, -0.25) is 0 Å². The maximum absolute atomic E-state index is 9.38. The molecule has 2 rings (SSSR count). The van der Waals surface area contributed by atoms with Gasteiger partial charge in [0.15, 0.2) is 0 Å². The minimum atomic E-state index is -0.108. The lowest BCUT2D eigenvalue weighted by Crippen LogP contribution is -2.22. The van der Waals surface area contributed by atoms with Crippen LogP contribution >= 0.6 is 12.4 Å². The average Bonchev–Trinajstić information content (AvgIpc) is 2.47. The van der Waals surface area contributed by atoms with Crippen LogP contribution in [0.3, 0.4) is 0 Å². The third-order valence-corrected chi connectivity index (χ3v) is 3.17. The average molecular weight is 308 g/mol. The van der Waals surface area contributed by atoms with Crippen molar-refractivity contribution in [1.82, 2.24) is 0 Å². The van der Waals surface area contributed by atoms with Gasteiger partial charge in [-0.1, -0.05) is 48.5 Å². The highest BCUT2D eigenvalue weighted by atomic mass is 35.5. The molecule has 0 heterocycles. The molecule has 0 fully saturated rings. The third kappa shape index (κ3) is 5.05. The van der Waals surface area contributed by atoms with Crippen LogP contribution in [0.15, 0.2) is 54.6 Å². The molecule has 2 aromatic rings. The lowest BCUT2D eigenvalue weighted by molar-refractivity contribution is 0.179. The highest BCUT2D eigenvalue weighted by Gasteiger charge is 2.16. The van der Waals surface area contributed by atoms with Crippen LogP contribution in [0.25, 0.3) is 0 Å². The summed E-state index contributed by atoms with van der Waals surface area (Å²) in [5.74, 6) is 0.713. The number of aliphatic hydroxyl groups is 1. The standard InChI is InChI=1S/C17H21NO2.ClH/c1-13(18)11-17(14-7-3-2-4-8-14)20-16-10-6-5-9-15(16)12-19;/h2-10,13,17,19H,11-12,18H2,1H3;1H. The molecule has 2 unspecified atom stereocenters. The van der Waals surface area contributed by atoms with Crippen LogP contribution in [-0.4, -0.2) is 11.1 Å². The zero-order chi connectivity index (χ0) is 14.4. The Morgan fingerprint density at radius 3 is 2.29 bits per heavy atom. The molecular weight excluding hydrogens is 286 g/mol. The predicted molar refractivity (Wildman–Crippen MR) is 87.7 cm³/mol. The van der Waals surface area contributed by atoms with Gasteiger partial charge in [0.1, 0.15) is 11.9 Å². The van der Waals surface area contributed by atoms with Crippen LogP contribution in [0.5, 0.6) is 5.75 Å². The Kier molecular flexibility index (Phi) is 7.23. The van der Waals surface area contributed by atoms with Gasteiger partial charge in [-0.2, -0.15) is 0 Å². The molecule has 114 valence electrons. The molecule has 21 heavy (non-hydrogen) atoms. The van der Waals surface area contributed by atoms with E-state index in [-0.39, 0.29) is 31.2 Å². The van der Waals surface area contributed by atoms with Crippen LogP contribution in [0.4, 0.5) is 0 Å². The summed E-state index contributed by atoms with van der Waals surface area (Å²) in [4.78, 5) is 0. The lowest BCUT2D eigenvalue weighted by Gasteiger charge is -2.22. The van der Waals surface area contributed by atoms with Crippen molar-refractivity contribution in [3.05, 3.63) is 65.7 Å². The Balaban J connectivity index is 0.00000220. The van der Waals surface area contributed by atoms with Crippen molar-refractivity contribution in [2.24, 2.45) is 5.73 Å². The van der Waals surface area contributed by atoms with E-state index in [1.807, 2.05) is 61.5 Å². The summed E-state index contributed by atoms with van der Waals surface area (Å²) in [6, 6.07) is 17.6. The SMILES string of the molecule is CC(N)CC(Oc1ccccc1CO)c1ccccc1.Cl. The summed E-state index contributed by atoms with van der Waals surface area (Å²) >= 11 is 0. The molecule has 0 aliphatic heterocycles. The first-order chi connectivity index (χ1) is 9.70. The van der Waals surface area contributed by atoms with Crippen molar-refractivity contribution in [2.75, 3.05) is 0 Å². The second kappa shape index (κ2) is 8.67. The van der Waals surface area contributed by atoms with Crippen molar-refractivity contribution in [2.45, 2.75) is 32.1 Å². The first-order valence-electron chi connectivity index (χ1n) is 6.86. The number of ether oxygens (including phenoxy) is 1. The molecule has 0 aromatic heterocycles. The fourth-order valence-electron chi connectivity index (χ4n) is 2.16. The van der Waals surface area contributed by atoms with E-state index in [1.54, 1.807) is 0 Å². The Morgan fingerprint density at radius 2 is 1.67 bits per heavy atom. The fourth-order valence-corrected chi connectivity index (χ4v) is 2.16. The molecule has 0 aliphatic carbocycles. The van der Waals surface area contributed by atoms with Gasteiger partial charge in [-0.25, -0.2) is 0 Å². The topological polar surface area (TPSA) is 55.5 Å². The van der Waals surface area contributed by atoms with Crippen molar-refractivity contribution in [3.8, 4) is 5.75 Å². The number of rotatable bonds is 6. The van der Waals surface area contributed by atoms with E-state index in [2.05, 4.69) is 0 Å². The van der Waals surface area contributed by atoms with E-state index in [4.69, 9.17) is 10.5 Å². The maximum atomic E-state index is 9.38. The Labute approximate surface area is 132 Å². The lowest BCUT2D eigenvalue weighted by atomic mass is 10.0. The predicted octanol–water partition coefficient (Wildman–Crippen LogP) is 3.46. The molecule has 0 saturated heterocycles. The van der Waals surface area contributed by atoms with Crippen molar-refractivity contribution in [1.29, 1.82) is 0 Å². The number of nitrogens with two attached hydrogens (primary N) is 1. The summed E-state index contributed by atoms with van der Waals surface area (Å²) < 4.78 is 6.09. The first-order valence-corrected chi connectivity index (χ1v) is 6.86. The summed E-state index contributed by atoms with van der Waals surface area (Å²) in [5.41, 5.74) is 7.81. The summed E-state index contributed by atoms with van der Waals surface area (Å²) in [6.07, 6.45) is 0.618. The third-order valence-electron chi connectivity index (χ3n) is 3.17. The zero-order valence-electron chi connectivity index (χ0n) is 12.1. The molecule has 0 radical (unpaired) electrons. The number of para-hydroxylation sites is 1. The Bertz CT molecular complexity index is 531. The van der Waals surface area contributed by atoms with Gasteiger partial charge in [0, 0.05) is 18.0 Å². The Hall–Kier alpha value is -1.55. The van der Waals surface area contributed by atoms with Crippen LogP contribution in [0.1, 0.15) is 30.6 Å². The van der Waals surface area contributed by atoms with Crippen molar-refractivity contribution in [3.63, 3.8) is 0 Å². The summed E-state index contributed by atoms with van der Waals surface area (Å²) in [7, 11) is 0. The largest absolute Gasteiger partial charge is 0.485 e. The minimum Gasteiger partial charge on any atom is -0.485 e. The van der Waals surface area contributed by atoms with Crippen LogP contribution in [-0.2, 0) is 6.61 Å². The monoisotopic (exact) mass is 307 g/mol. The van der Waals surface area contributed by atoms with Gasteiger partial charge in [0.2, 0.25) is 0 Å². The van der Waals surface area contributed by atoms with Gasteiger partial charge >= 0.3 is 0 Å². The highest BCUT2D eigenvalue weighted by Crippen LogP contribution is 2.28. The van der Waals surface area contributed by atoms with E-state index in [1.165, 1.54) is 0 Å². The number of benzene rings is 2. The number of hydrogen-bond donors (Lipinski definition) is 2. The molecular formula is C17H22ClNO2. The molecule has 0 amide bonds. The van der Waals surface area contributed by atoms with Crippen LogP contribution in [0.2, 0.25) is 0 Å². The zero-order valence-corrected chi connectivity index (χ0v) is 12.9. The molecule has 0 saturated carbocycles. The summed E-state index contributed by atoms with van der Waals surface area (Å²) in [5, 5.41) is 9.38. The molecule has 4 heteroatoms. The van der Waals surface area contributed by atoms with E-state index >= 15 is 0 Å². The number of halogens is 1. The number of aliphatic hydroxyl groups excluding tert-OH is 1. The van der Waals surface area contributed by atoms with Gasteiger partial charge in [0.25, 0.3) is 0 Å². The van der Waals surface area contributed by atoms with Gasteiger partial charge in [-0.05, 0) is 18.6 Å². The molecule has 2 atom stereocenters. The normalized spacial score (nSPS) is 13.1. The quantitative estimate of drug-likeness (QED) is 0.859. The van der Waals surface area contributed by atoms with Crippen molar-refractivity contribution < 1.29 is 9.84 Å². The minimum absolute atomic E-state index is 0. The smallest absolute Gasteiger partial charge is 0.125 e. The maximum Gasteiger partial charge on any atom is 0.125 e. The van der Waals surface area contributed by atoms with E-state index in [0.29, 0.717) is 5.75 Å². The molecule has 0 bridgehead atoms. The molecule has 2 aromatic carbocycles. The van der Waals surface area contributed by atoms with E-state index in [0.717, 1.165) is 17.5 Å². The molecule has 0 aliphatic rings. The van der Waals surface area contributed by atoms with Crippen LogP contribution in [0, 0.1) is 0 Å². The Morgan fingerprint density at radius 1 is 1.05 bits per heavy atom. The van der Waals surface area contributed by atoms with Crippen LogP contribution < -0.4 is 10.5 Å². The summed E-state index contributed by atoms with van der Waals surface area (Å²) in [6.45, 7) is 1.94. The van der Waals surface area contributed by atoms with Gasteiger partial charge in [-0.15, -0.1) is 12.4 Å². The second-order valence-corrected chi connectivity index (χ2v) is 5.00. The van der Waals surface area contributed by atoms with E-state index < -0.39 is 0 Å². The van der Waals surface area contributed by atoms with Gasteiger partial charge < -0.3 is 15.6 Å². The molecule has 0 spiro atoms.